The molecule has 2 rings (SSSR count). The van der Waals surface area contributed by atoms with Gasteiger partial charge in [-0.1, -0.05) is 31.5 Å². The summed E-state index contributed by atoms with van der Waals surface area (Å²) in [6.45, 7) is 8.53. The van der Waals surface area contributed by atoms with Gasteiger partial charge in [-0.25, -0.2) is 0 Å². The van der Waals surface area contributed by atoms with Crippen molar-refractivity contribution in [1.82, 2.24) is 4.90 Å². The van der Waals surface area contributed by atoms with Crippen LogP contribution in [0.1, 0.15) is 13.8 Å². The Balaban J connectivity index is 2.13. The van der Waals surface area contributed by atoms with E-state index in [1.54, 1.807) is 12.1 Å². The number of anilines is 1. The van der Waals surface area contributed by atoms with Gasteiger partial charge in [-0.2, -0.15) is 0 Å². The molecule has 0 spiro atoms. The topological polar surface area (TPSA) is 49.6 Å². The van der Waals surface area contributed by atoms with E-state index in [0.717, 1.165) is 32.7 Å². The van der Waals surface area contributed by atoms with Crippen LogP contribution in [0.5, 0.6) is 0 Å². The second-order valence-electron chi connectivity index (χ2n) is 5.33. The van der Waals surface area contributed by atoms with Crippen molar-refractivity contribution in [2.24, 2.45) is 0 Å². The van der Waals surface area contributed by atoms with Crippen LogP contribution in [-0.4, -0.2) is 42.5 Å². The van der Waals surface area contributed by atoms with E-state index < -0.39 is 0 Å². The smallest absolute Gasteiger partial charge is 0.294 e. The molecular weight excluding hydrogens is 278 g/mol. The van der Waals surface area contributed by atoms with Crippen molar-refractivity contribution in [1.29, 1.82) is 0 Å². The number of piperazine rings is 1. The standard InChI is InChI=1S/C14H19ClN3O2/c1-11(2)10-16-6-8-17(9-7-16)14-12(15)4-3-5-13(14)18(19)20/h3-5H,6-10H2,1-2H3. The highest BCUT2D eigenvalue weighted by molar-refractivity contribution is 6.33. The average molecular weight is 297 g/mol. The largest absolute Gasteiger partial charge is 0.362 e. The molecule has 0 bridgehead atoms. The number of para-hydroxylation sites is 1. The van der Waals surface area contributed by atoms with Crippen LogP contribution in [0.25, 0.3) is 0 Å². The maximum Gasteiger partial charge on any atom is 0.294 e. The molecule has 1 fully saturated rings. The Morgan fingerprint density at radius 3 is 2.50 bits per heavy atom. The maximum absolute atomic E-state index is 11.1. The molecule has 0 unspecified atom stereocenters. The summed E-state index contributed by atoms with van der Waals surface area (Å²) < 4.78 is 0. The molecule has 109 valence electrons. The van der Waals surface area contributed by atoms with E-state index in [1.807, 2.05) is 4.90 Å². The van der Waals surface area contributed by atoms with Gasteiger partial charge >= 0.3 is 0 Å². The van der Waals surface area contributed by atoms with Crippen LogP contribution in [0.4, 0.5) is 11.4 Å². The zero-order chi connectivity index (χ0) is 14.7. The second kappa shape index (κ2) is 6.41. The lowest BCUT2D eigenvalue weighted by molar-refractivity contribution is -0.384. The third kappa shape index (κ3) is 3.41. The van der Waals surface area contributed by atoms with Crippen LogP contribution in [0.2, 0.25) is 5.02 Å². The number of hydrogen-bond acceptors (Lipinski definition) is 4. The van der Waals surface area contributed by atoms with E-state index in [2.05, 4.69) is 18.7 Å². The summed E-state index contributed by atoms with van der Waals surface area (Å²) in [4.78, 5) is 15.1. The van der Waals surface area contributed by atoms with Gasteiger partial charge in [-0.3, -0.25) is 15.0 Å². The lowest BCUT2D eigenvalue weighted by Crippen LogP contribution is -2.47. The summed E-state index contributed by atoms with van der Waals surface area (Å²) in [5.74, 6) is 1.38. The van der Waals surface area contributed by atoms with Gasteiger partial charge in [0.15, 0.2) is 0 Å². The Morgan fingerprint density at radius 2 is 1.95 bits per heavy atom. The van der Waals surface area contributed by atoms with E-state index in [1.165, 1.54) is 12.0 Å². The van der Waals surface area contributed by atoms with Gasteiger partial charge in [0.25, 0.3) is 5.69 Å². The van der Waals surface area contributed by atoms with Gasteiger partial charge < -0.3 is 4.90 Å². The fourth-order valence-electron chi connectivity index (χ4n) is 2.54. The normalized spacial score (nSPS) is 16.7. The molecule has 1 aromatic rings. The molecule has 0 saturated carbocycles. The van der Waals surface area contributed by atoms with Crippen LogP contribution in [0, 0.1) is 16.0 Å². The molecule has 1 heterocycles. The highest BCUT2D eigenvalue weighted by Crippen LogP contribution is 2.35. The highest BCUT2D eigenvalue weighted by atomic mass is 35.5. The van der Waals surface area contributed by atoms with Gasteiger partial charge in [-0.05, 0) is 12.0 Å². The summed E-state index contributed by atoms with van der Waals surface area (Å²) in [6.07, 6.45) is 0. The number of nitro benzene ring substituents is 1. The van der Waals surface area contributed by atoms with E-state index in [-0.39, 0.29) is 10.6 Å². The van der Waals surface area contributed by atoms with E-state index in [0.29, 0.717) is 10.7 Å². The number of hydrogen-bond donors (Lipinski definition) is 0. The summed E-state index contributed by atoms with van der Waals surface area (Å²) >= 11 is 6.16. The molecule has 5 nitrogen and oxygen atoms in total. The van der Waals surface area contributed by atoms with Crippen molar-refractivity contribution in [2.75, 3.05) is 37.6 Å². The molecule has 1 aliphatic rings. The molecular formula is C14H19ClN3O2. The third-order valence-corrected chi connectivity index (χ3v) is 3.70. The quantitative estimate of drug-likeness (QED) is 0.633. The minimum absolute atomic E-state index is 0.0872. The maximum atomic E-state index is 11.1. The summed E-state index contributed by atoms with van der Waals surface area (Å²) in [6, 6.07) is 4.84. The van der Waals surface area contributed by atoms with E-state index in [4.69, 9.17) is 11.6 Å². The molecule has 0 N–H and O–H groups in total. The number of nitro groups is 1. The van der Waals surface area contributed by atoms with Gasteiger partial charge in [0.2, 0.25) is 0 Å². The number of rotatable bonds is 4. The molecule has 1 aromatic carbocycles. The zero-order valence-corrected chi connectivity index (χ0v) is 12.6. The first-order valence-corrected chi connectivity index (χ1v) is 7.06. The lowest BCUT2D eigenvalue weighted by atomic mass is 10.1. The molecule has 1 radical (unpaired) electrons. The summed E-state index contributed by atoms with van der Waals surface area (Å²) in [5, 5.41) is 11.6. The molecule has 0 aromatic heterocycles. The van der Waals surface area contributed by atoms with Gasteiger partial charge in [-0.15, -0.1) is 0 Å². The zero-order valence-electron chi connectivity index (χ0n) is 11.8. The highest BCUT2D eigenvalue weighted by Gasteiger charge is 2.26. The Morgan fingerprint density at radius 1 is 1.30 bits per heavy atom. The van der Waals surface area contributed by atoms with Crippen LogP contribution in [0.3, 0.4) is 0 Å². The number of halogens is 1. The van der Waals surface area contributed by atoms with Crippen LogP contribution < -0.4 is 4.90 Å². The third-order valence-electron chi connectivity index (χ3n) is 3.39. The number of nitrogens with zero attached hydrogens (tertiary/aromatic N) is 3. The van der Waals surface area contributed by atoms with E-state index >= 15 is 0 Å². The predicted octanol–water partition coefficient (Wildman–Crippen LogP) is 2.98. The Hall–Kier alpha value is -1.33. The Labute approximate surface area is 124 Å². The fourth-order valence-corrected chi connectivity index (χ4v) is 2.83. The van der Waals surface area contributed by atoms with Crippen LogP contribution in [-0.2, 0) is 0 Å². The van der Waals surface area contributed by atoms with Crippen molar-refractivity contribution < 1.29 is 4.92 Å². The molecule has 1 aliphatic heterocycles. The average Bonchev–Trinajstić information content (AvgIpc) is 2.39. The lowest BCUT2D eigenvalue weighted by Gasteiger charge is -2.36. The van der Waals surface area contributed by atoms with Gasteiger partial charge in [0, 0.05) is 38.8 Å². The Bertz CT molecular complexity index is 485. The van der Waals surface area contributed by atoms with Crippen molar-refractivity contribution >= 4 is 23.0 Å². The van der Waals surface area contributed by atoms with Gasteiger partial charge in [0.05, 0.1) is 9.95 Å². The van der Waals surface area contributed by atoms with Crippen molar-refractivity contribution in [3.63, 3.8) is 0 Å². The monoisotopic (exact) mass is 296 g/mol. The first-order valence-electron chi connectivity index (χ1n) is 6.68. The number of benzene rings is 1. The van der Waals surface area contributed by atoms with E-state index in [9.17, 15) is 10.1 Å². The SMILES string of the molecule is C[C](C)CN1CCN(c2c(Cl)cccc2[N+](=O)[O-])CC1. The molecule has 1 saturated heterocycles. The molecule has 6 heteroatoms. The molecule has 0 aliphatic carbocycles. The van der Waals surface area contributed by atoms with Crippen LogP contribution in [0.15, 0.2) is 18.2 Å². The van der Waals surface area contributed by atoms with Gasteiger partial charge in [0.1, 0.15) is 5.69 Å². The van der Waals surface area contributed by atoms with Crippen molar-refractivity contribution in [3.8, 4) is 0 Å². The molecule has 0 amide bonds. The minimum atomic E-state index is -0.364. The Kier molecular flexibility index (Phi) is 4.83. The second-order valence-corrected chi connectivity index (χ2v) is 5.74. The first kappa shape index (κ1) is 15.1. The minimum Gasteiger partial charge on any atom is -0.362 e. The molecule has 0 atom stereocenters. The van der Waals surface area contributed by atoms with Crippen molar-refractivity contribution in [2.45, 2.75) is 13.8 Å². The predicted molar refractivity (Wildman–Crippen MR) is 81.4 cm³/mol. The van der Waals surface area contributed by atoms with Crippen LogP contribution >= 0.6 is 11.6 Å². The fraction of sp³-hybridized carbons (Fsp3) is 0.500. The summed E-state index contributed by atoms with van der Waals surface area (Å²) in [7, 11) is 0. The van der Waals surface area contributed by atoms with Crippen molar-refractivity contribution in [3.05, 3.63) is 39.3 Å². The molecule has 20 heavy (non-hydrogen) atoms. The summed E-state index contributed by atoms with van der Waals surface area (Å²) in [5.41, 5.74) is 0.639. The first-order chi connectivity index (χ1) is 9.49.